The summed E-state index contributed by atoms with van der Waals surface area (Å²) in [5.41, 5.74) is -3.98. The van der Waals surface area contributed by atoms with Crippen molar-refractivity contribution in [1.82, 2.24) is 4.90 Å². The molecule has 0 saturated carbocycles. The van der Waals surface area contributed by atoms with E-state index in [9.17, 15) is 44.3 Å². The first-order valence-corrected chi connectivity index (χ1v) is 12.2. The molecule has 0 aliphatic carbocycles. The molecule has 2 heterocycles. The van der Waals surface area contributed by atoms with Gasteiger partial charge in [-0.1, -0.05) is 6.92 Å². The topological polar surface area (TPSA) is 32.8 Å². The normalized spacial score (nSPS) is 22.8. The summed E-state index contributed by atoms with van der Waals surface area (Å²) in [6, 6.07) is 3.03. The molecule has 1 amide bonds. The van der Waals surface area contributed by atoms with Gasteiger partial charge in [-0.05, 0) is 73.2 Å². The van der Waals surface area contributed by atoms with Crippen molar-refractivity contribution < 1.29 is 49.0 Å². The predicted molar refractivity (Wildman–Crippen MR) is 123 cm³/mol. The molecular weight excluding hydrogens is 543 g/mol. The quantitative estimate of drug-likeness (QED) is 0.350. The van der Waals surface area contributed by atoms with E-state index in [0.717, 1.165) is 29.9 Å². The van der Waals surface area contributed by atoms with Gasteiger partial charge in [-0.2, -0.15) is 39.5 Å². The Hall–Kier alpha value is -3.12. The van der Waals surface area contributed by atoms with Gasteiger partial charge in [0.2, 0.25) is 0 Å². The molecule has 2 aliphatic rings. The van der Waals surface area contributed by atoms with Crippen LogP contribution in [-0.2, 0) is 29.8 Å². The van der Waals surface area contributed by atoms with Crippen molar-refractivity contribution in [2.24, 2.45) is 5.92 Å². The van der Waals surface area contributed by atoms with E-state index in [2.05, 4.69) is 0 Å². The molecule has 0 N–H and O–H groups in total. The first-order chi connectivity index (χ1) is 17.9. The summed E-state index contributed by atoms with van der Waals surface area (Å²) < 4.78 is 126. The van der Waals surface area contributed by atoms with Gasteiger partial charge in [0.1, 0.15) is 6.10 Å². The van der Waals surface area contributed by atoms with Crippen LogP contribution in [0.4, 0.5) is 50.0 Å². The highest BCUT2D eigenvalue weighted by molar-refractivity contribution is 5.72. The maximum Gasteiger partial charge on any atom is 0.416 e. The van der Waals surface area contributed by atoms with Crippen LogP contribution in [0.5, 0.6) is 0 Å². The number of carbonyl (C=O) groups is 1. The molecule has 13 heteroatoms. The largest absolute Gasteiger partial charge is 0.439 e. The lowest BCUT2D eigenvalue weighted by molar-refractivity contribution is -0.143. The maximum atomic E-state index is 13.5. The molecule has 2 fully saturated rings. The Morgan fingerprint density at radius 1 is 0.846 bits per heavy atom. The number of carbonyl (C=O) groups excluding carboxylic acids is 1. The average Bonchev–Trinajstić information content (AvgIpc) is 3.10. The fourth-order valence-electron chi connectivity index (χ4n) is 5.09. The number of cyclic esters (lactones) is 1. The molecule has 214 valence electrons. The Kier molecular flexibility index (Phi) is 7.50. The molecule has 2 aromatic carbocycles. The summed E-state index contributed by atoms with van der Waals surface area (Å²) in [6.07, 6.45) is -15.7. The molecule has 0 aromatic heterocycles. The second-order valence-electron chi connectivity index (χ2n) is 10.0. The number of amides is 1. The van der Waals surface area contributed by atoms with Gasteiger partial charge in [-0.3, -0.25) is 4.90 Å². The van der Waals surface area contributed by atoms with Gasteiger partial charge < -0.3 is 9.64 Å². The van der Waals surface area contributed by atoms with Gasteiger partial charge in [0.15, 0.2) is 0 Å². The van der Waals surface area contributed by atoms with E-state index in [4.69, 9.17) is 4.74 Å². The minimum atomic E-state index is -5.10. The number of ether oxygens (including phenoxy) is 1. The van der Waals surface area contributed by atoms with Crippen LogP contribution in [0.3, 0.4) is 0 Å². The monoisotopic (exact) mass is 568 g/mol. The number of nitrogens with zero attached hydrogens (tertiary/aromatic N) is 2. The number of hydrogen-bond donors (Lipinski definition) is 0. The summed E-state index contributed by atoms with van der Waals surface area (Å²) >= 11 is 0. The van der Waals surface area contributed by atoms with E-state index in [0.29, 0.717) is 30.9 Å². The fourth-order valence-corrected chi connectivity index (χ4v) is 5.09. The number of anilines is 1. The zero-order valence-electron chi connectivity index (χ0n) is 20.8. The zero-order valence-corrected chi connectivity index (χ0v) is 20.8. The third-order valence-electron chi connectivity index (χ3n) is 7.08. The van der Waals surface area contributed by atoms with E-state index in [1.54, 1.807) is 0 Å². The number of halogens is 9. The highest BCUT2D eigenvalue weighted by atomic mass is 19.4. The number of rotatable bonds is 4. The summed E-state index contributed by atoms with van der Waals surface area (Å²) in [5, 5.41) is 0. The van der Waals surface area contributed by atoms with E-state index in [-0.39, 0.29) is 24.1 Å². The van der Waals surface area contributed by atoms with E-state index < -0.39 is 59.0 Å². The standard InChI is InChI=1S/C26H25F9N2O2/c1-14-4-3-7-36(12-14)21-6-5-18(24(27,28)29)10-17(21)13-37-15(2)22(39-23(37)38)16-8-19(25(30,31)32)11-20(9-16)26(33,34)35/h5-6,8-11,14-15,22H,3-4,7,12-13H2,1-2H3/t14?,15-,22-/m0/s1. The maximum absolute atomic E-state index is 13.5. The molecular formula is C26H25F9N2O2. The SMILES string of the molecule is CC1CCCN(c2ccc(C(F)(F)F)cc2CN2C(=O)O[C@H](c3cc(C(F)(F)F)cc(C(F)(F)F)c3)[C@@H]2C)C1. The van der Waals surface area contributed by atoms with Crippen LogP contribution < -0.4 is 4.90 Å². The first kappa shape index (κ1) is 28.9. The van der Waals surface area contributed by atoms with Crippen LogP contribution in [0.2, 0.25) is 0 Å². The summed E-state index contributed by atoms with van der Waals surface area (Å²) in [5.74, 6) is 0.276. The van der Waals surface area contributed by atoms with Crippen LogP contribution in [0.1, 0.15) is 60.6 Å². The minimum absolute atomic E-state index is 0.0305. The van der Waals surface area contributed by atoms with Crippen molar-refractivity contribution in [3.63, 3.8) is 0 Å². The van der Waals surface area contributed by atoms with E-state index in [1.807, 2.05) is 11.8 Å². The number of piperidine rings is 1. The highest BCUT2D eigenvalue weighted by Crippen LogP contribution is 2.42. The molecule has 2 saturated heterocycles. The summed E-state index contributed by atoms with van der Waals surface area (Å²) in [6.45, 7) is 4.14. The van der Waals surface area contributed by atoms with Crippen LogP contribution in [0.25, 0.3) is 0 Å². The van der Waals surface area contributed by atoms with Crippen LogP contribution in [0, 0.1) is 5.92 Å². The zero-order chi connectivity index (χ0) is 28.9. The first-order valence-electron chi connectivity index (χ1n) is 12.2. The lowest BCUT2D eigenvalue weighted by Crippen LogP contribution is -2.36. The lowest BCUT2D eigenvalue weighted by atomic mass is 9.96. The number of hydrogen-bond acceptors (Lipinski definition) is 3. The number of benzene rings is 2. The summed E-state index contributed by atoms with van der Waals surface area (Å²) in [4.78, 5) is 15.7. The van der Waals surface area contributed by atoms with Crippen molar-refractivity contribution in [2.45, 2.75) is 63.9 Å². The van der Waals surface area contributed by atoms with Gasteiger partial charge in [-0.15, -0.1) is 0 Å². The smallest absolute Gasteiger partial charge is 0.416 e. The predicted octanol–water partition coefficient (Wildman–Crippen LogP) is 8.06. The Bertz CT molecular complexity index is 1190. The molecule has 2 aromatic rings. The molecule has 2 aliphatic heterocycles. The van der Waals surface area contributed by atoms with Gasteiger partial charge in [-0.25, -0.2) is 4.79 Å². The van der Waals surface area contributed by atoms with E-state index in [1.165, 1.54) is 13.0 Å². The van der Waals surface area contributed by atoms with Crippen LogP contribution in [-0.4, -0.2) is 30.1 Å². The second kappa shape index (κ2) is 10.1. The molecule has 3 atom stereocenters. The molecule has 0 radical (unpaired) electrons. The molecule has 1 unspecified atom stereocenters. The van der Waals surface area contributed by atoms with Gasteiger partial charge >= 0.3 is 24.6 Å². The van der Waals surface area contributed by atoms with Crippen LogP contribution >= 0.6 is 0 Å². The summed E-state index contributed by atoms with van der Waals surface area (Å²) in [7, 11) is 0. The Morgan fingerprint density at radius 3 is 1.97 bits per heavy atom. The fraction of sp³-hybridized carbons (Fsp3) is 0.500. The van der Waals surface area contributed by atoms with Gasteiger partial charge in [0.25, 0.3) is 0 Å². The number of alkyl halides is 9. The Balaban J connectivity index is 1.70. The van der Waals surface area contributed by atoms with Crippen molar-refractivity contribution >= 4 is 11.8 Å². The van der Waals surface area contributed by atoms with Gasteiger partial charge in [0.05, 0.1) is 29.3 Å². The van der Waals surface area contributed by atoms with Crippen molar-refractivity contribution in [2.75, 3.05) is 18.0 Å². The third-order valence-corrected chi connectivity index (χ3v) is 7.08. The molecule has 0 bridgehead atoms. The molecule has 0 spiro atoms. The Labute approximate surface area is 218 Å². The minimum Gasteiger partial charge on any atom is -0.439 e. The molecule has 4 rings (SSSR count). The third kappa shape index (κ3) is 6.22. The van der Waals surface area contributed by atoms with Crippen molar-refractivity contribution in [3.8, 4) is 0 Å². The van der Waals surface area contributed by atoms with Crippen molar-refractivity contribution in [1.29, 1.82) is 0 Å². The second-order valence-corrected chi connectivity index (χ2v) is 10.0. The van der Waals surface area contributed by atoms with E-state index >= 15 is 0 Å². The highest BCUT2D eigenvalue weighted by Gasteiger charge is 2.44. The lowest BCUT2D eigenvalue weighted by Gasteiger charge is -2.35. The van der Waals surface area contributed by atoms with Crippen LogP contribution in [0.15, 0.2) is 36.4 Å². The van der Waals surface area contributed by atoms with Gasteiger partial charge in [0, 0.05) is 18.8 Å². The Morgan fingerprint density at radius 2 is 1.44 bits per heavy atom. The molecule has 4 nitrogen and oxygen atoms in total. The van der Waals surface area contributed by atoms with Crippen molar-refractivity contribution in [3.05, 3.63) is 64.2 Å². The molecule has 39 heavy (non-hydrogen) atoms. The average molecular weight is 568 g/mol.